The van der Waals surface area contributed by atoms with Crippen LogP contribution in [0.25, 0.3) is 0 Å². The highest BCUT2D eigenvalue weighted by Gasteiger charge is 2.03. The quantitative estimate of drug-likeness (QED) is 0.900. The summed E-state index contributed by atoms with van der Waals surface area (Å²) in [4.78, 5) is 10.6. The Morgan fingerprint density at radius 3 is 2.45 bits per heavy atom. The Morgan fingerprint density at radius 1 is 1.15 bits per heavy atom. The molecule has 0 fully saturated rings. The van der Waals surface area contributed by atoms with E-state index in [9.17, 15) is 4.79 Å². The summed E-state index contributed by atoms with van der Waals surface area (Å²) in [6.45, 7) is 2.46. The second-order valence-corrected chi connectivity index (χ2v) is 5.50. The van der Waals surface area contributed by atoms with Crippen molar-refractivity contribution < 1.29 is 14.6 Å². The van der Waals surface area contributed by atoms with Gasteiger partial charge in [-0.25, -0.2) is 0 Å². The van der Waals surface area contributed by atoms with Gasteiger partial charge in [0.05, 0.1) is 6.42 Å². The first-order valence-electron chi connectivity index (χ1n) is 6.23. The summed E-state index contributed by atoms with van der Waals surface area (Å²) in [5.41, 5.74) is 2.88. The zero-order valence-electron chi connectivity index (χ0n) is 11.1. The van der Waals surface area contributed by atoms with Crippen LogP contribution in [0, 0.1) is 6.92 Å². The summed E-state index contributed by atoms with van der Waals surface area (Å²) in [7, 11) is 0. The van der Waals surface area contributed by atoms with Gasteiger partial charge in [0.15, 0.2) is 0 Å². The lowest BCUT2D eigenvalue weighted by Gasteiger charge is -2.10. The van der Waals surface area contributed by atoms with Crippen molar-refractivity contribution in [1.29, 1.82) is 0 Å². The molecule has 20 heavy (non-hydrogen) atoms. The van der Waals surface area contributed by atoms with Gasteiger partial charge in [0.2, 0.25) is 0 Å². The second kappa shape index (κ2) is 6.57. The summed E-state index contributed by atoms with van der Waals surface area (Å²) < 4.78 is 6.76. The summed E-state index contributed by atoms with van der Waals surface area (Å²) in [5.74, 6) is 0.0211. The molecule has 0 saturated carbocycles. The smallest absolute Gasteiger partial charge is 0.307 e. The van der Waals surface area contributed by atoms with Gasteiger partial charge in [-0.3, -0.25) is 4.79 Å². The van der Waals surface area contributed by atoms with Gasteiger partial charge in [0, 0.05) is 4.47 Å². The Labute approximate surface area is 126 Å². The van der Waals surface area contributed by atoms with Gasteiger partial charge in [-0.15, -0.1) is 0 Å². The Kier molecular flexibility index (Phi) is 4.79. The molecule has 2 aromatic rings. The molecule has 0 aliphatic rings. The number of hydrogen-bond donors (Lipinski definition) is 1. The SMILES string of the molecule is Cc1ccc(Br)cc1OCc1ccc(CC(=O)O)cc1. The average molecular weight is 335 g/mol. The van der Waals surface area contributed by atoms with Gasteiger partial charge >= 0.3 is 5.97 Å². The minimum absolute atomic E-state index is 0.0475. The zero-order valence-corrected chi connectivity index (χ0v) is 12.7. The minimum atomic E-state index is -0.821. The fraction of sp³-hybridized carbons (Fsp3) is 0.188. The van der Waals surface area contributed by atoms with E-state index >= 15 is 0 Å². The highest BCUT2D eigenvalue weighted by atomic mass is 79.9. The number of carbonyl (C=O) groups is 1. The molecule has 0 aliphatic heterocycles. The standard InChI is InChI=1S/C16H15BrO3/c1-11-2-7-14(17)9-15(11)20-10-13-5-3-12(4-6-13)8-16(18)19/h2-7,9H,8,10H2,1H3,(H,18,19). The van der Waals surface area contributed by atoms with Gasteiger partial charge in [0.25, 0.3) is 0 Å². The van der Waals surface area contributed by atoms with Crippen LogP contribution < -0.4 is 4.74 Å². The van der Waals surface area contributed by atoms with Crippen molar-refractivity contribution in [3.8, 4) is 5.75 Å². The van der Waals surface area contributed by atoms with Crippen LogP contribution in [-0.2, 0) is 17.8 Å². The number of hydrogen-bond acceptors (Lipinski definition) is 2. The van der Waals surface area contributed by atoms with Crippen LogP contribution >= 0.6 is 15.9 Å². The van der Waals surface area contributed by atoms with Crippen LogP contribution in [0.1, 0.15) is 16.7 Å². The minimum Gasteiger partial charge on any atom is -0.489 e. The highest BCUT2D eigenvalue weighted by Crippen LogP contribution is 2.23. The summed E-state index contributed by atoms with van der Waals surface area (Å²) in [6, 6.07) is 13.3. The summed E-state index contributed by atoms with van der Waals surface area (Å²) >= 11 is 3.42. The third kappa shape index (κ3) is 4.10. The van der Waals surface area contributed by atoms with Crippen LogP contribution in [0.15, 0.2) is 46.9 Å². The van der Waals surface area contributed by atoms with Crippen molar-refractivity contribution in [3.63, 3.8) is 0 Å². The van der Waals surface area contributed by atoms with E-state index < -0.39 is 5.97 Å². The number of halogens is 1. The van der Waals surface area contributed by atoms with Gasteiger partial charge in [0.1, 0.15) is 12.4 Å². The molecule has 104 valence electrons. The van der Waals surface area contributed by atoms with E-state index in [1.807, 2.05) is 49.4 Å². The molecule has 0 bridgehead atoms. The van der Waals surface area contributed by atoms with Crippen molar-refractivity contribution in [2.45, 2.75) is 20.0 Å². The Hall–Kier alpha value is -1.81. The van der Waals surface area contributed by atoms with Gasteiger partial charge in [-0.2, -0.15) is 0 Å². The summed E-state index contributed by atoms with van der Waals surface area (Å²) in [6.07, 6.45) is 0.0475. The molecule has 0 spiro atoms. The Bertz CT molecular complexity index is 606. The summed E-state index contributed by atoms with van der Waals surface area (Å²) in [5, 5.41) is 8.72. The molecule has 0 aliphatic carbocycles. The van der Waals surface area contributed by atoms with E-state index in [2.05, 4.69) is 15.9 Å². The first-order chi connectivity index (χ1) is 9.54. The Balaban J connectivity index is 2.00. The largest absolute Gasteiger partial charge is 0.489 e. The Morgan fingerprint density at radius 2 is 1.80 bits per heavy atom. The molecule has 4 heteroatoms. The van der Waals surface area contributed by atoms with Crippen molar-refractivity contribution in [3.05, 3.63) is 63.6 Å². The van der Waals surface area contributed by atoms with Crippen LogP contribution in [0.2, 0.25) is 0 Å². The molecule has 0 amide bonds. The molecule has 0 atom stereocenters. The fourth-order valence-electron chi connectivity index (χ4n) is 1.82. The third-order valence-corrected chi connectivity index (χ3v) is 3.42. The van der Waals surface area contributed by atoms with E-state index in [4.69, 9.17) is 9.84 Å². The zero-order chi connectivity index (χ0) is 14.5. The van der Waals surface area contributed by atoms with Crippen molar-refractivity contribution >= 4 is 21.9 Å². The number of ether oxygens (including phenoxy) is 1. The van der Waals surface area contributed by atoms with E-state index in [1.54, 1.807) is 0 Å². The van der Waals surface area contributed by atoms with Crippen LogP contribution in [0.5, 0.6) is 5.75 Å². The van der Waals surface area contributed by atoms with Crippen molar-refractivity contribution in [2.75, 3.05) is 0 Å². The van der Waals surface area contributed by atoms with E-state index in [0.717, 1.165) is 26.9 Å². The monoisotopic (exact) mass is 334 g/mol. The topological polar surface area (TPSA) is 46.5 Å². The molecule has 2 aromatic carbocycles. The van der Waals surface area contributed by atoms with Crippen LogP contribution in [0.4, 0.5) is 0 Å². The van der Waals surface area contributed by atoms with E-state index in [0.29, 0.717) is 6.61 Å². The average Bonchev–Trinajstić information content (AvgIpc) is 2.41. The molecule has 1 N–H and O–H groups in total. The molecule has 0 unspecified atom stereocenters. The molecular weight excluding hydrogens is 320 g/mol. The lowest BCUT2D eigenvalue weighted by molar-refractivity contribution is -0.136. The maximum Gasteiger partial charge on any atom is 0.307 e. The first kappa shape index (κ1) is 14.6. The fourth-order valence-corrected chi connectivity index (χ4v) is 2.16. The van der Waals surface area contributed by atoms with E-state index in [1.165, 1.54) is 0 Å². The van der Waals surface area contributed by atoms with Crippen molar-refractivity contribution in [2.24, 2.45) is 0 Å². The normalized spacial score (nSPS) is 10.3. The lowest BCUT2D eigenvalue weighted by Crippen LogP contribution is -2.01. The van der Waals surface area contributed by atoms with Crippen LogP contribution in [-0.4, -0.2) is 11.1 Å². The first-order valence-corrected chi connectivity index (χ1v) is 7.02. The molecule has 0 heterocycles. The van der Waals surface area contributed by atoms with Crippen LogP contribution in [0.3, 0.4) is 0 Å². The third-order valence-electron chi connectivity index (χ3n) is 2.92. The molecule has 3 nitrogen and oxygen atoms in total. The number of rotatable bonds is 5. The molecule has 2 rings (SSSR count). The second-order valence-electron chi connectivity index (χ2n) is 4.59. The predicted molar refractivity (Wildman–Crippen MR) is 81.0 cm³/mol. The molecule has 0 radical (unpaired) electrons. The number of carboxylic acid groups (broad SMARTS) is 1. The van der Waals surface area contributed by atoms with Crippen molar-refractivity contribution in [1.82, 2.24) is 0 Å². The molecular formula is C16H15BrO3. The number of benzene rings is 2. The van der Waals surface area contributed by atoms with Gasteiger partial charge < -0.3 is 9.84 Å². The maximum atomic E-state index is 10.6. The maximum absolute atomic E-state index is 10.6. The highest BCUT2D eigenvalue weighted by molar-refractivity contribution is 9.10. The lowest BCUT2D eigenvalue weighted by atomic mass is 10.1. The predicted octanol–water partition coefficient (Wildman–Crippen LogP) is 3.96. The number of carboxylic acids is 1. The number of aryl methyl sites for hydroxylation is 1. The molecule has 0 saturated heterocycles. The van der Waals surface area contributed by atoms with E-state index in [-0.39, 0.29) is 6.42 Å². The van der Waals surface area contributed by atoms with Gasteiger partial charge in [-0.1, -0.05) is 46.3 Å². The van der Waals surface area contributed by atoms with Gasteiger partial charge in [-0.05, 0) is 35.7 Å². The molecule has 0 aromatic heterocycles. The number of aliphatic carboxylic acids is 1.